The maximum Gasteiger partial charge on any atom is 0.258 e. The van der Waals surface area contributed by atoms with E-state index < -0.39 is 5.54 Å². The van der Waals surface area contributed by atoms with Crippen LogP contribution in [0.2, 0.25) is 0 Å². The van der Waals surface area contributed by atoms with E-state index in [9.17, 15) is 4.79 Å². The largest absolute Gasteiger partial charge is 0.339 e. The summed E-state index contributed by atoms with van der Waals surface area (Å²) in [6.07, 6.45) is 4.75. The number of aromatic nitrogens is 4. The molecule has 2 heterocycles. The van der Waals surface area contributed by atoms with Crippen LogP contribution < -0.4 is 11.3 Å². The van der Waals surface area contributed by atoms with Crippen molar-refractivity contribution in [3.63, 3.8) is 0 Å². The summed E-state index contributed by atoms with van der Waals surface area (Å²) in [5.74, 6) is 3.36. The molecular formula is C18H21N5O2S. The summed E-state index contributed by atoms with van der Waals surface area (Å²) >= 11 is 1.67. The summed E-state index contributed by atoms with van der Waals surface area (Å²) < 4.78 is 5.34. The first-order valence-electron chi connectivity index (χ1n) is 8.82. The number of aryl methyl sites for hydroxylation is 1. The number of nitrogens with one attached hydrogen (secondary N) is 1. The van der Waals surface area contributed by atoms with Crippen molar-refractivity contribution >= 4 is 22.7 Å². The van der Waals surface area contributed by atoms with Gasteiger partial charge in [-0.2, -0.15) is 16.7 Å². The Hall–Kier alpha value is -2.19. The molecule has 1 saturated carbocycles. The lowest BCUT2D eigenvalue weighted by atomic mass is 9.99. The molecule has 1 aliphatic carbocycles. The van der Waals surface area contributed by atoms with E-state index in [1.165, 1.54) is 0 Å². The molecule has 0 spiro atoms. The normalized spacial score (nSPS) is 16.3. The van der Waals surface area contributed by atoms with Crippen LogP contribution in [-0.2, 0) is 17.7 Å². The van der Waals surface area contributed by atoms with Gasteiger partial charge in [-0.05, 0) is 25.0 Å². The smallest absolute Gasteiger partial charge is 0.258 e. The highest BCUT2D eigenvalue weighted by atomic mass is 32.2. The third-order valence-electron chi connectivity index (χ3n) is 4.77. The van der Waals surface area contributed by atoms with Crippen LogP contribution in [-0.4, -0.2) is 25.9 Å². The van der Waals surface area contributed by atoms with Gasteiger partial charge in [-0.15, -0.1) is 0 Å². The number of hydrogen-bond donors (Lipinski definition) is 2. The number of thioether (sulfide) groups is 1. The predicted octanol–water partition coefficient (Wildman–Crippen LogP) is 2.51. The van der Waals surface area contributed by atoms with Gasteiger partial charge in [0.2, 0.25) is 5.89 Å². The summed E-state index contributed by atoms with van der Waals surface area (Å²) in [6.45, 7) is 0. The highest BCUT2D eigenvalue weighted by Gasteiger charge is 2.35. The SMILES string of the molecule is NC1(c2noc(CCSCc3nc4ccccc4c(=O)[nH]3)n2)CCCC1. The molecule has 0 aliphatic heterocycles. The van der Waals surface area contributed by atoms with Gasteiger partial charge in [0.15, 0.2) is 5.82 Å². The van der Waals surface area contributed by atoms with E-state index in [0.717, 1.165) is 37.0 Å². The quantitative estimate of drug-likeness (QED) is 0.640. The average molecular weight is 371 g/mol. The third-order valence-corrected chi connectivity index (χ3v) is 5.74. The maximum atomic E-state index is 12.1. The van der Waals surface area contributed by atoms with Crippen LogP contribution in [0, 0.1) is 0 Å². The fourth-order valence-corrected chi connectivity index (χ4v) is 4.11. The average Bonchev–Trinajstić information content (AvgIpc) is 3.29. The molecule has 0 atom stereocenters. The van der Waals surface area contributed by atoms with Crippen LogP contribution in [0.25, 0.3) is 10.9 Å². The lowest BCUT2D eigenvalue weighted by Gasteiger charge is -2.17. The van der Waals surface area contributed by atoms with E-state index in [-0.39, 0.29) is 5.56 Å². The van der Waals surface area contributed by atoms with Gasteiger partial charge in [0.25, 0.3) is 5.56 Å². The Kier molecular flexibility index (Phi) is 4.78. The monoisotopic (exact) mass is 371 g/mol. The van der Waals surface area contributed by atoms with Crippen LogP contribution in [0.3, 0.4) is 0 Å². The molecule has 136 valence electrons. The number of benzene rings is 1. The first kappa shape index (κ1) is 17.2. The van der Waals surface area contributed by atoms with Crippen molar-refractivity contribution in [2.45, 2.75) is 43.4 Å². The number of nitrogens with two attached hydrogens (primary N) is 1. The van der Waals surface area contributed by atoms with Gasteiger partial charge in [0.1, 0.15) is 5.82 Å². The van der Waals surface area contributed by atoms with Crippen LogP contribution in [0.1, 0.15) is 43.2 Å². The van der Waals surface area contributed by atoms with Gasteiger partial charge >= 0.3 is 0 Å². The summed E-state index contributed by atoms with van der Waals surface area (Å²) in [7, 11) is 0. The molecule has 0 amide bonds. The summed E-state index contributed by atoms with van der Waals surface area (Å²) in [5, 5.41) is 4.69. The number of para-hydroxylation sites is 1. The van der Waals surface area contributed by atoms with Gasteiger partial charge in [-0.1, -0.05) is 30.1 Å². The Morgan fingerprint density at radius 2 is 2.04 bits per heavy atom. The fourth-order valence-electron chi connectivity index (χ4n) is 3.32. The van der Waals surface area contributed by atoms with Gasteiger partial charge in [-0.25, -0.2) is 4.98 Å². The Morgan fingerprint density at radius 3 is 2.88 bits per heavy atom. The number of H-pyrrole nitrogens is 1. The molecule has 0 bridgehead atoms. The van der Waals surface area contributed by atoms with Crippen molar-refractivity contribution in [2.75, 3.05) is 5.75 Å². The number of fused-ring (bicyclic) bond motifs is 1. The van der Waals surface area contributed by atoms with Crippen molar-refractivity contribution < 1.29 is 4.52 Å². The predicted molar refractivity (Wildman–Crippen MR) is 101 cm³/mol. The molecule has 4 rings (SSSR count). The second-order valence-corrected chi connectivity index (χ2v) is 7.81. The van der Waals surface area contributed by atoms with Crippen molar-refractivity contribution in [2.24, 2.45) is 5.73 Å². The Bertz CT molecular complexity index is 961. The van der Waals surface area contributed by atoms with Crippen LogP contribution in [0.4, 0.5) is 0 Å². The van der Waals surface area contributed by atoms with E-state index in [1.807, 2.05) is 18.2 Å². The lowest BCUT2D eigenvalue weighted by Crippen LogP contribution is -2.34. The molecule has 1 aliphatic rings. The number of rotatable bonds is 6. The molecule has 1 fully saturated rings. The summed E-state index contributed by atoms with van der Waals surface area (Å²) in [6, 6.07) is 7.35. The zero-order valence-corrected chi connectivity index (χ0v) is 15.2. The Balaban J connectivity index is 1.33. The minimum absolute atomic E-state index is 0.0995. The van der Waals surface area contributed by atoms with Crippen molar-refractivity contribution in [3.8, 4) is 0 Å². The zero-order valence-electron chi connectivity index (χ0n) is 14.4. The first-order chi connectivity index (χ1) is 12.6. The fraction of sp³-hybridized carbons (Fsp3) is 0.444. The Labute approximate surface area is 154 Å². The second kappa shape index (κ2) is 7.20. The standard InChI is InChI=1S/C18H21N5O2S/c19-18(8-3-4-9-18)17-22-15(25-23-17)7-10-26-11-14-20-13-6-2-1-5-12(13)16(24)21-14/h1-2,5-6H,3-4,7-11,19H2,(H,20,21,24). The van der Waals surface area contributed by atoms with E-state index in [4.69, 9.17) is 10.3 Å². The summed E-state index contributed by atoms with van der Waals surface area (Å²) in [4.78, 5) is 23.9. The second-order valence-electron chi connectivity index (χ2n) is 6.71. The van der Waals surface area contributed by atoms with Gasteiger partial charge in [-0.3, -0.25) is 4.79 Å². The molecule has 3 aromatic rings. The zero-order chi connectivity index (χ0) is 18.0. The van der Waals surface area contributed by atoms with Gasteiger partial charge < -0.3 is 15.2 Å². The van der Waals surface area contributed by atoms with Crippen molar-refractivity contribution in [1.82, 2.24) is 20.1 Å². The molecule has 7 nitrogen and oxygen atoms in total. The van der Waals surface area contributed by atoms with E-state index >= 15 is 0 Å². The third kappa shape index (κ3) is 3.52. The van der Waals surface area contributed by atoms with Crippen molar-refractivity contribution in [3.05, 3.63) is 52.2 Å². The molecule has 0 unspecified atom stereocenters. The molecule has 3 N–H and O–H groups in total. The first-order valence-corrected chi connectivity index (χ1v) is 9.97. The van der Waals surface area contributed by atoms with E-state index in [1.54, 1.807) is 17.8 Å². The maximum absolute atomic E-state index is 12.1. The minimum atomic E-state index is -0.413. The van der Waals surface area contributed by atoms with Crippen molar-refractivity contribution in [1.29, 1.82) is 0 Å². The molecular weight excluding hydrogens is 350 g/mol. The van der Waals surface area contributed by atoms with E-state index in [2.05, 4.69) is 20.1 Å². The molecule has 26 heavy (non-hydrogen) atoms. The van der Waals surface area contributed by atoms with Gasteiger partial charge in [0, 0.05) is 12.2 Å². The number of hydrogen-bond acceptors (Lipinski definition) is 7. The highest BCUT2D eigenvalue weighted by Crippen LogP contribution is 2.34. The highest BCUT2D eigenvalue weighted by molar-refractivity contribution is 7.98. The molecule has 8 heteroatoms. The number of nitrogens with zero attached hydrogens (tertiary/aromatic N) is 3. The topological polar surface area (TPSA) is 111 Å². The Morgan fingerprint density at radius 1 is 1.23 bits per heavy atom. The van der Waals surface area contributed by atoms with Crippen LogP contribution in [0.5, 0.6) is 0 Å². The molecule has 1 aromatic carbocycles. The van der Waals surface area contributed by atoms with E-state index in [0.29, 0.717) is 35.1 Å². The molecule has 0 radical (unpaired) electrons. The van der Waals surface area contributed by atoms with Crippen LogP contribution in [0.15, 0.2) is 33.6 Å². The molecule has 2 aromatic heterocycles. The number of aromatic amines is 1. The molecule has 0 saturated heterocycles. The lowest BCUT2D eigenvalue weighted by molar-refractivity contribution is 0.351. The minimum Gasteiger partial charge on any atom is -0.339 e. The van der Waals surface area contributed by atoms with Gasteiger partial charge in [0.05, 0.1) is 22.2 Å². The summed E-state index contributed by atoms with van der Waals surface area (Å²) in [5.41, 5.74) is 6.56. The van der Waals surface area contributed by atoms with Crippen LogP contribution >= 0.6 is 11.8 Å².